The molecule has 3 unspecified atom stereocenters. The maximum absolute atomic E-state index is 12.5. The lowest BCUT2D eigenvalue weighted by atomic mass is 9.96. The number of carbonyl (C=O) groups excluding carboxylic acids is 1. The van der Waals surface area contributed by atoms with Crippen LogP contribution in [0.1, 0.15) is 40.0 Å². The van der Waals surface area contributed by atoms with Gasteiger partial charge in [0.2, 0.25) is 0 Å². The van der Waals surface area contributed by atoms with E-state index in [1.165, 1.54) is 4.90 Å². The number of rotatable bonds is 6. The molecule has 4 N–H and O–H groups in total. The molecular weight excluding hydrogens is 451 g/mol. The maximum atomic E-state index is 12.5. The van der Waals surface area contributed by atoms with Gasteiger partial charge in [-0.2, -0.15) is 18.3 Å². The monoisotopic (exact) mass is 481 g/mol. The van der Waals surface area contributed by atoms with E-state index < -0.39 is 30.6 Å². The first-order chi connectivity index (χ1) is 15.9. The van der Waals surface area contributed by atoms with Crippen molar-refractivity contribution in [2.24, 2.45) is 4.99 Å². The minimum atomic E-state index is -4.44. The van der Waals surface area contributed by atoms with Gasteiger partial charge in [-0.3, -0.25) is 4.68 Å². The van der Waals surface area contributed by atoms with Gasteiger partial charge in [-0.05, 0) is 51.2 Å². The highest BCUT2D eigenvalue weighted by Crippen LogP contribution is 2.37. The fourth-order valence-electron chi connectivity index (χ4n) is 4.64. The number of aromatic nitrogens is 2. The molecule has 0 aliphatic carbocycles. The molecule has 1 saturated heterocycles. The van der Waals surface area contributed by atoms with Crippen molar-refractivity contribution in [3.05, 3.63) is 35.3 Å². The largest absolute Gasteiger partial charge is 0.405 e. The van der Waals surface area contributed by atoms with E-state index in [0.29, 0.717) is 13.0 Å². The van der Waals surface area contributed by atoms with Gasteiger partial charge in [0.25, 0.3) is 0 Å². The number of aliphatic imine (C=N–C) groups is 1. The number of alkyl halides is 3. The highest BCUT2D eigenvalue weighted by molar-refractivity contribution is 5.82. The molecule has 2 bridgehead atoms. The Bertz CT molecular complexity index is 1020. The molecule has 9 nitrogen and oxygen atoms in total. The van der Waals surface area contributed by atoms with Crippen molar-refractivity contribution >= 4 is 17.9 Å². The van der Waals surface area contributed by atoms with Crippen molar-refractivity contribution in [3.63, 3.8) is 0 Å². The van der Waals surface area contributed by atoms with Gasteiger partial charge < -0.3 is 26.0 Å². The number of halogens is 3. The smallest absolute Gasteiger partial charge is 0.389 e. The number of fused-ring (bicyclic) bond motifs is 2. The van der Waals surface area contributed by atoms with Gasteiger partial charge in [0.05, 0.1) is 30.1 Å². The molecule has 2 amide bonds. The lowest BCUT2D eigenvalue weighted by Crippen LogP contribution is -2.50. The van der Waals surface area contributed by atoms with Crippen molar-refractivity contribution < 1.29 is 23.1 Å². The normalized spacial score (nSPS) is 24.7. The summed E-state index contributed by atoms with van der Waals surface area (Å²) in [6.45, 7) is 4.37. The molecular formula is C22H30F3N7O2. The Morgan fingerprint density at radius 1 is 1.32 bits per heavy atom. The van der Waals surface area contributed by atoms with Gasteiger partial charge in [-0.25, -0.2) is 9.79 Å². The molecule has 4 heterocycles. The standard InChI is InChI=1S/C22H30F3N7O2/c1-13-8-26-19(29-15-9-28-31(10-15)12-21(2,3)34)30-18(13)14-6-16-4-5-17(7-14)32(16)20(33)27-11-22(23,24)25/h6,8-10,16-17,19,29-30,34H,4-5,7,11-12H2,1-3H3,(H,27,33). The van der Waals surface area contributed by atoms with E-state index in [1.54, 1.807) is 37.1 Å². The highest BCUT2D eigenvalue weighted by atomic mass is 19.4. The molecule has 3 aliphatic rings. The predicted molar refractivity (Wildman–Crippen MR) is 121 cm³/mol. The minimum Gasteiger partial charge on any atom is -0.389 e. The zero-order valence-electron chi connectivity index (χ0n) is 19.4. The first kappa shape index (κ1) is 24.1. The van der Waals surface area contributed by atoms with Crippen LogP contribution in [0.3, 0.4) is 0 Å². The second kappa shape index (κ2) is 8.97. The van der Waals surface area contributed by atoms with Gasteiger partial charge in [0.1, 0.15) is 6.54 Å². The van der Waals surface area contributed by atoms with E-state index in [2.05, 4.69) is 20.7 Å². The number of aliphatic hydroxyl groups is 1. The number of nitrogens with one attached hydrogen (secondary N) is 3. The van der Waals surface area contributed by atoms with Crippen LogP contribution in [-0.4, -0.2) is 68.7 Å². The van der Waals surface area contributed by atoms with Gasteiger partial charge in [0, 0.05) is 24.2 Å². The predicted octanol–water partition coefficient (Wildman–Crippen LogP) is 2.73. The number of allylic oxidation sites excluding steroid dienone is 2. The van der Waals surface area contributed by atoms with Crippen LogP contribution < -0.4 is 16.0 Å². The van der Waals surface area contributed by atoms with Crippen molar-refractivity contribution in [3.8, 4) is 0 Å². The van der Waals surface area contributed by atoms with Crippen LogP contribution in [0.4, 0.5) is 23.7 Å². The Labute approximate surface area is 195 Å². The van der Waals surface area contributed by atoms with Gasteiger partial charge in [0.15, 0.2) is 6.29 Å². The van der Waals surface area contributed by atoms with Crippen molar-refractivity contribution in [2.75, 3.05) is 11.9 Å². The zero-order valence-corrected chi connectivity index (χ0v) is 19.4. The number of hydrogen-bond acceptors (Lipinski definition) is 6. The molecule has 3 atom stereocenters. The summed E-state index contributed by atoms with van der Waals surface area (Å²) in [5, 5.41) is 22.9. The summed E-state index contributed by atoms with van der Waals surface area (Å²) in [7, 11) is 0. The lowest BCUT2D eigenvalue weighted by molar-refractivity contribution is -0.123. The Balaban J connectivity index is 1.41. The third kappa shape index (κ3) is 5.72. The quantitative estimate of drug-likeness (QED) is 0.500. The number of hydrogen-bond donors (Lipinski definition) is 4. The molecule has 34 heavy (non-hydrogen) atoms. The molecule has 0 saturated carbocycles. The Morgan fingerprint density at radius 2 is 2.09 bits per heavy atom. The van der Waals surface area contributed by atoms with Crippen LogP contribution in [0.5, 0.6) is 0 Å². The van der Waals surface area contributed by atoms with Gasteiger partial charge >= 0.3 is 12.2 Å². The number of amides is 2. The van der Waals surface area contributed by atoms with Crippen LogP contribution in [0, 0.1) is 0 Å². The molecule has 4 rings (SSSR count). The van der Waals surface area contributed by atoms with E-state index in [9.17, 15) is 23.1 Å². The van der Waals surface area contributed by atoms with E-state index in [4.69, 9.17) is 0 Å². The van der Waals surface area contributed by atoms with Crippen molar-refractivity contribution in [1.82, 2.24) is 25.3 Å². The van der Waals surface area contributed by atoms with Crippen LogP contribution in [0.15, 0.2) is 40.3 Å². The fourth-order valence-corrected chi connectivity index (χ4v) is 4.64. The molecule has 3 aliphatic heterocycles. The van der Waals surface area contributed by atoms with Crippen LogP contribution in [0.2, 0.25) is 0 Å². The van der Waals surface area contributed by atoms with Gasteiger partial charge in [-0.1, -0.05) is 6.08 Å². The summed E-state index contributed by atoms with van der Waals surface area (Å²) in [5.41, 5.74) is 2.73. The summed E-state index contributed by atoms with van der Waals surface area (Å²) in [6.07, 6.45) is 4.33. The van der Waals surface area contributed by atoms with Crippen LogP contribution in [0.25, 0.3) is 0 Å². The van der Waals surface area contributed by atoms with E-state index in [-0.39, 0.29) is 12.1 Å². The number of carbonyl (C=O) groups is 1. The summed E-state index contributed by atoms with van der Waals surface area (Å²) in [4.78, 5) is 18.4. The Kier molecular flexibility index (Phi) is 6.36. The lowest BCUT2D eigenvalue weighted by Gasteiger charge is -2.36. The minimum absolute atomic E-state index is 0.148. The third-order valence-corrected chi connectivity index (χ3v) is 5.97. The topological polar surface area (TPSA) is 107 Å². The summed E-state index contributed by atoms with van der Waals surface area (Å²) in [6, 6.07) is -1.06. The second-order valence-electron chi connectivity index (χ2n) is 9.64. The third-order valence-electron chi connectivity index (χ3n) is 5.97. The molecule has 0 aromatic carbocycles. The fraction of sp³-hybridized carbons (Fsp3) is 0.591. The molecule has 186 valence electrons. The molecule has 1 fully saturated rings. The number of urea groups is 1. The maximum Gasteiger partial charge on any atom is 0.405 e. The van der Waals surface area contributed by atoms with Gasteiger partial charge in [-0.15, -0.1) is 0 Å². The summed E-state index contributed by atoms with van der Waals surface area (Å²) < 4.78 is 39.2. The van der Waals surface area contributed by atoms with Crippen molar-refractivity contribution in [1.29, 1.82) is 0 Å². The van der Waals surface area contributed by atoms with Crippen LogP contribution in [-0.2, 0) is 6.54 Å². The average Bonchev–Trinajstić information content (AvgIpc) is 3.26. The molecule has 1 aromatic rings. The molecule has 1 aromatic heterocycles. The van der Waals surface area contributed by atoms with E-state index in [0.717, 1.165) is 35.4 Å². The van der Waals surface area contributed by atoms with Crippen molar-refractivity contribution in [2.45, 2.75) is 76.7 Å². The van der Waals surface area contributed by atoms with E-state index in [1.807, 2.05) is 18.3 Å². The Hall–Kier alpha value is -3.02. The first-order valence-corrected chi connectivity index (χ1v) is 11.2. The summed E-state index contributed by atoms with van der Waals surface area (Å²) >= 11 is 0. The van der Waals surface area contributed by atoms with E-state index >= 15 is 0 Å². The summed E-state index contributed by atoms with van der Waals surface area (Å²) in [5.74, 6) is 0. The average molecular weight is 482 g/mol. The Morgan fingerprint density at radius 3 is 2.76 bits per heavy atom. The first-order valence-electron chi connectivity index (χ1n) is 11.2. The SMILES string of the molecule is CC1=C(C2=CC3CCC(C2)N3C(=O)NCC(F)(F)F)NC(Nc2cnn(CC(C)(C)O)c2)N=C1. The number of anilines is 1. The highest BCUT2D eigenvalue weighted by Gasteiger charge is 2.41. The molecule has 0 radical (unpaired) electrons. The second-order valence-corrected chi connectivity index (χ2v) is 9.64. The molecule has 0 spiro atoms. The number of nitrogens with zero attached hydrogens (tertiary/aromatic N) is 4. The molecule has 12 heteroatoms. The van der Waals surface area contributed by atoms with Crippen LogP contribution >= 0.6 is 0 Å². The zero-order chi connectivity index (χ0) is 24.7.